The van der Waals surface area contributed by atoms with Gasteiger partial charge in [-0.05, 0) is 17.7 Å². The first-order chi connectivity index (χ1) is 5.86. The highest BCUT2D eigenvalue weighted by atomic mass is 16.6. The van der Waals surface area contributed by atoms with Crippen molar-refractivity contribution in [1.82, 2.24) is 10.3 Å². The minimum absolute atomic E-state index is 0.0134. The van der Waals surface area contributed by atoms with Crippen molar-refractivity contribution in [2.45, 2.75) is 6.04 Å². The van der Waals surface area contributed by atoms with Gasteiger partial charge in [0.15, 0.2) is 0 Å². The molecule has 0 saturated carbocycles. The average molecular weight is 164 g/mol. The lowest BCUT2D eigenvalue weighted by Gasteiger charge is -2.05. The van der Waals surface area contributed by atoms with Crippen LogP contribution in [0.1, 0.15) is 11.6 Å². The summed E-state index contributed by atoms with van der Waals surface area (Å²) in [6, 6.07) is 3.71. The number of alkyl carbamates (subject to hydrolysis) is 1. The van der Waals surface area contributed by atoms with Crippen LogP contribution in [0.15, 0.2) is 24.5 Å². The molecule has 1 saturated heterocycles. The number of hydrogen-bond donors (Lipinski definition) is 1. The molecule has 2 rings (SSSR count). The second kappa shape index (κ2) is 2.81. The zero-order valence-corrected chi connectivity index (χ0v) is 6.36. The molecule has 4 heteroatoms. The molecule has 0 aromatic carbocycles. The third-order valence-electron chi connectivity index (χ3n) is 1.78. The molecule has 1 amide bonds. The Morgan fingerprint density at radius 3 is 2.83 bits per heavy atom. The third kappa shape index (κ3) is 1.23. The van der Waals surface area contributed by atoms with Gasteiger partial charge >= 0.3 is 6.09 Å². The van der Waals surface area contributed by atoms with Gasteiger partial charge in [-0.2, -0.15) is 0 Å². The topological polar surface area (TPSA) is 51.2 Å². The Morgan fingerprint density at radius 2 is 2.25 bits per heavy atom. The van der Waals surface area contributed by atoms with Crippen molar-refractivity contribution in [2.24, 2.45) is 0 Å². The molecule has 1 aliphatic rings. The van der Waals surface area contributed by atoms with E-state index in [1.807, 2.05) is 12.1 Å². The number of rotatable bonds is 1. The van der Waals surface area contributed by atoms with Crippen LogP contribution in [0.3, 0.4) is 0 Å². The smallest absolute Gasteiger partial charge is 0.407 e. The Balaban J connectivity index is 2.16. The van der Waals surface area contributed by atoms with E-state index in [1.165, 1.54) is 0 Å². The molecular weight excluding hydrogens is 156 g/mol. The number of nitrogens with zero attached hydrogens (tertiary/aromatic N) is 1. The SMILES string of the molecule is O=C1N[C@@H](c2ccncc2)CO1. The van der Waals surface area contributed by atoms with E-state index in [4.69, 9.17) is 4.74 Å². The molecule has 1 atom stereocenters. The van der Waals surface area contributed by atoms with Gasteiger partial charge in [0.2, 0.25) is 0 Å². The number of pyridine rings is 1. The fourth-order valence-corrected chi connectivity index (χ4v) is 1.16. The van der Waals surface area contributed by atoms with E-state index in [2.05, 4.69) is 10.3 Å². The van der Waals surface area contributed by atoms with Crippen LogP contribution in [-0.2, 0) is 4.74 Å². The number of hydrogen-bond acceptors (Lipinski definition) is 3. The molecule has 0 bridgehead atoms. The molecule has 1 fully saturated rings. The van der Waals surface area contributed by atoms with E-state index in [0.717, 1.165) is 5.56 Å². The Morgan fingerprint density at radius 1 is 1.50 bits per heavy atom. The molecule has 62 valence electrons. The van der Waals surface area contributed by atoms with Crippen LogP contribution in [0.5, 0.6) is 0 Å². The van der Waals surface area contributed by atoms with Crippen LogP contribution in [0.4, 0.5) is 4.79 Å². The maximum atomic E-state index is 10.7. The first-order valence-electron chi connectivity index (χ1n) is 3.69. The van der Waals surface area contributed by atoms with Gasteiger partial charge in [-0.1, -0.05) is 0 Å². The molecule has 0 unspecified atom stereocenters. The normalized spacial score (nSPS) is 21.7. The van der Waals surface area contributed by atoms with Crippen LogP contribution in [-0.4, -0.2) is 17.7 Å². The van der Waals surface area contributed by atoms with Crippen molar-refractivity contribution >= 4 is 6.09 Å². The van der Waals surface area contributed by atoms with Gasteiger partial charge in [0.1, 0.15) is 6.61 Å². The molecule has 4 nitrogen and oxygen atoms in total. The largest absolute Gasteiger partial charge is 0.447 e. The Kier molecular flexibility index (Phi) is 1.66. The number of cyclic esters (lactones) is 1. The molecular formula is C8H8N2O2. The van der Waals surface area contributed by atoms with Gasteiger partial charge in [0.25, 0.3) is 0 Å². The molecule has 1 aliphatic heterocycles. The zero-order valence-electron chi connectivity index (χ0n) is 6.36. The summed E-state index contributed by atoms with van der Waals surface area (Å²) in [5.74, 6) is 0. The fraction of sp³-hybridized carbons (Fsp3) is 0.250. The van der Waals surface area contributed by atoms with Crippen molar-refractivity contribution < 1.29 is 9.53 Å². The monoisotopic (exact) mass is 164 g/mol. The molecule has 0 aliphatic carbocycles. The van der Waals surface area contributed by atoms with Gasteiger partial charge in [-0.15, -0.1) is 0 Å². The van der Waals surface area contributed by atoms with Gasteiger partial charge in [-0.25, -0.2) is 4.79 Å². The maximum Gasteiger partial charge on any atom is 0.407 e. The number of ether oxygens (including phenoxy) is 1. The highest BCUT2D eigenvalue weighted by Crippen LogP contribution is 2.16. The first-order valence-corrected chi connectivity index (χ1v) is 3.69. The number of aromatic nitrogens is 1. The van der Waals surface area contributed by atoms with Crippen LogP contribution < -0.4 is 5.32 Å². The predicted octanol–water partition coefficient (Wildman–Crippen LogP) is 0.863. The minimum atomic E-state index is -0.350. The van der Waals surface area contributed by atoms with Gasteiger partial charge in [-0.3, -0.25) is 4.98 Å². The van der Waals surface area contributed by atoms with Crippen molar-refractivity contribution in [3.63, 3.8) is 0 Å². The average Bonchev–Trinajstić information content (AvgIpc) is 2.54. The second-order valence-corrected chi connectivity index (χ2v) is 2.58. The lowest BCUT2D eigenvalue weighted by molar-refractivity contribution is 0.177. The molecule has 1 N–H and O–H groups in total. The van der Waals surface area contributed by atoms with Crippen LogP contribution in [0.25, 0.3) is 0 Å². The van der Waals surface area contributed by atoms with Gasteiger partial charge < -0.3 is 10.1 Å². The summed E-state index contributed by atoms with van der Waals surface area (Å²) in [5, 5.41) is 2.68. The molecule has 1 aromatic heterocycles. The number of amides is 1. The van der Waals surface area contributed by atoms with Crippen molar-refractivity contribution in [2.75, 3.05) is 6.61 Å². The Labute approximate surface area is 69.6 Å². The number of nitrogens with one attached hydrogen (secondary N) is 1. The predicted molar refractivity (Wildman–Crippen MR) is 41.5 cm³/mol. The summed E-state index contributed by atoms with van der Waals surface area (Å²) in [7, 11) is 0. The van der Waals surface area contributed by atoms with Crippen molar-refractivity contribution in [3.05, 3.63) is 30.1 Å². The molecule has 2 heterocycles. The summed E-state index contributed by atoms with van der Waals surface area (Å²) in [6.07, 6.45) is 3.04. The Hall–Kier alpha value is -1.58. The Bertz CT molecular complexity index is 286. The lowest BCUT2D eigenvalue weighted by atomic mass is 10.1. The first kappa shape index (κ1) is 7.09. The summed E-state index contributed by atoms with van der Waals surface area (Å²) >= 11 is 0. The third-order valence-corrected chi connectivity index (χ3v) is 1.78. The zero-order chi connectivity index (χ0) is 8.39. The molecule has 0 radical (unpaired) electrons. The highest BCUT2D eigenvalue weighted by Gasteiger charge is 2.23. The van der Waals surface area contributed by atoms with Crippen LogP contribution >= 0.6 is 0 Å². The van der Waals surface area contributed by atoms with E-state index in [0.29, 0.717) is 6.61 Å². The second-order valence-electron chi connectivity index (χ2n) is 2.58. The molecule has 12 heavy (non-hydrogen) atoms. The van der Waals surface area contributed by atoms with Gasteiger partial charge in [0, 0.05) is 12.4 Å². The fourth-order valence-electron chi connectivity index (χ4n) is 1.16. The molecule has 1 aromatic rings. The summed E-state index contributed by atoms with van der Waals surface area (Å²) in [6.45, 7) is 0.406. The van der Waals surface area contributed by atoms with E-state index >= 15 is 0 Å². The van der Waals surface area contributed by atoms with E-state index in [1.54, 1.807) is 12.4 Å². The number of carbonyl (C=O) groups is 1. The summed E-state index contributed by atoms with van der Waals surface area (Å²) in [4.78, 5) is 14.6. The standard InChI is InChI=1S/C8H8N2O2/c11-8-10-7(5-12-8)6-1-3-9-4-2-6/h1-4,7H,5H2,(H,10,11)/t7-/m1/s1. The van der Waals surface area contributed by atoms with Crippen LogP contribution in [0, 0.1) is 0 Å². The lowest BCUT2D eigenvalue weighted by Crippen LogP contribution is -2.18. The van der Waals surface area contributed by atoms with Crippen molar-refractivity contribution in [3.8, 4) is 0 Å². The van der Waals surface area contributed by atoms with E-state index in [9.17, 15) is 4.79 Å². The van der Waals surface area contributed by atoms with Gasteiger partial charge in [0.05, 0.1) is 6.04 Å². The van der Waals surface area contributed by atoms with Crippen molar-refractivity contribution in [1.29, 1.82) is 0 Å². The molecule has 0 spiro atoms. The summed E-state index contributed by atoms with van der Waals surface area (Å²) in [5.41, 5.74) is 1.02. The van der Waals surface area contributed by atoms with E-state index < -0.39 is 0 Å². The minimum Gasteiger partial charge on any atom is -0.447 e. The number of carbonyl (C=O) groups excluding carboxylic acids is 1. The maximum absolute atomic E-state index is 10.7. The highest BCUT2D eigenvalue weighted by molar-refractivity contribution is 5.70. The summed E-state index contributed by atoms with van der Waals surface area (Å²) < 4.78 is 4.75. The van der Waals surface area contributed by atoms with Crippen LogP contribution in [0.2, 0.25) is 0 Å². The quantitative estimate of drug-likeness (QED) is 0.669. The van der Waals surface area contributed by atoms with E-state index in [-0.39, 0.29) is 12.1 Å².